The molecule has 1 heterocycles. The lowest BCUT2D eigenvalue weighted by atomic mass is 10.0. The molecular formula is C12H24N4O2S2. The number of sulfonamides is 1. The van der Waals surface area contributed by atoms with Gasteiger partial charge in [-0.05, 0) is 37.2 Å². The summed E-state index contributed by atoms with van der Waals surface area (Å²) in [6.45, 7) is 6.36. The second-order valence-corrected chi connectivity index (χ2v) is 8.39. The van der Waals surface area contributed by atoms with Crippen molar-refractivity contribution in [3.8, 4) is 0 Å². The molecule has 3 N–H and O–H groups in total. The third kappa shape index (κ3) is 4.07. The number of nitrogens with one attached hydrogen (secondary N) is 1. The summed E-state index contributed by atoms with van der Waals surface area (Å²) in [5.41, 5.74) is 5.72. The summed E-state index contributed by atoms with van der Waals surface area (Å²) in [6.07, 6.45) is 2.05. The van der Waals surface area contributed by atoms with Crippen molar-refractivity contribution < 1.29 is 8.42 Å². The van der Waals surface area contributed by atoms with Gasteiger partial charge in [-0.1, -0.05) is 13.8 Å². The van der Waals surface area contributed by atoms with Gasteiger partial charge in [0, 0.05) is 20.1 Å². The van der Waals surface area contributed by atoms with Crippen molar-refractivity contribution in [2.24, 2.45) is 5.92 Å². The molecule has 0 spiro atoms. The Labute approximate surface area is 125 Å². The molecule has 0 fully saturated rings. The quantitative estimate of drug-likeness (QED) is 0.804. The van der Waals surface area contributed by atoms with Crippen LogP contribution in [0, 0.1) is 5.92 Å². The number of rotatable bonds is 7. The van der Waals surface area contributed by atoms with E-state index in [4.69, 9.17) is 5.73 Å². The Morgan fingerprint density at radius 2 is 1.90 bits per heavy atom. The van der Waals surface area contributed by atoms with E-state index in [0.29, 0.717) is 10.9 Å². The topological polar surface area (TPSA) is 88.3 Å². The summed E-state index contributed by atoms with van der Waals surface area (Å²) in [5.74, 6) is 0.679. The van der Waals surface area contributed by atoms with E-state index in [-0.39, 0.29) is 16.8 Å². The molecule has 0 saturated heterocycles. The van der Waals surface area contributed by atoms with Crippen LogP contribution >= 0.6 is 11.5 Å². The predicted octanol–water partition coefficient (Wildman–Crippen LogP) is 2.21. The maximum Gasteiger partial charge on any atom is 0.249 e. The molecular weight excluding hydrogens is 296 g/mol. The van der Waals surface area contributed by atoms with E-state index in [0.717, 1.165) is 28.7 Å². The zero-order valence-corrected chi connectivity index (χ0v) is 14.3. The van der Waals surface area contributed by atoms with Gasteiger partial charge in [0.2, 0.25) is 10.0 Å². The van der Waals surface area contributed by atoms with Crippen molar-refractivity contribution in [3.05, 3.63) is 0 Å². The van der Waals surface area contributed by atoms with Gasteiger partial charge in [0.1, 0.15) is 5.00 Å². The van der Waals surface area contributed by atoms with E-state index in [1.165, 1.54) is 14.1 Å². The fraction of sp³-hybridized carbons (Fsp3) is 0.750. The summed E-state index contributed by atoms with van der Waals surface area (Å²) in [5, 5.41) is 3.74. The number of hydrogen-bond acceptors (Lipinski definition) is 6. The van der Waals surface area contributed by atoms with Crippen molar-refractivity contribution in [2.45, 2.75) is 44.6 Å². The first-order valence-corrected chi connectivity index (χ1v) is 8.81. The number of nitrogens with zero attached hydrogens (tertiary/aromatic N) is 2. The fourth-order valence-corrected chi connectivity index (χ4v) is 3.87. The minimum Gasteiger partial charge on any atom is -0.382 e. The largest absolute Gasteiger partial charge is 0.382 e. The van der Waals surface area contributed by atoms with Gasteiger partial charge in [-0.3, -0.25) is 0 Å². The molecule has 20 heavy (non-hydrogen) atoms. The lowest BCUT2D eigenvalue weighted by molar-refractivity contribution is 0.519. The minimum atomic E-state index is -3.58. The van der Waals surface area contributed by atoms with Gasteiger partial charge in [0.25, 0.3) is 0 Å². The van der Waals surface area contributed by atoms with Crippen LogP contribution in [0.2, 0.25) is 0 Å². The van der Waals surface area contributed by atoms with Crippen molar-refractivity contribution in [1.29, 1.82) is 0 Å². The third-order valence-electron chi connectivity index (χ3n) is 2.97. The molecule has 0 aliphatic heterocycles. The molecule has 0 bridgehead atoms. The van der Waals surface area contributed by atoms with Gasteiger partial charge in [-0.2, -0.15) is 4.37 Å². The minimum absolute atomic E-state index is 0.0576. The lowest BCUT2D eigenvalue weighted by Crippen LogP contribution is -2.24. The molecule has 1 rings (SSSR count). The Morgan fingerprint density at radius 3 is 2.40 bits per heavy atom. The number of nitrogens with two attached hydrogens (primary N) is 1. The highest BCUT2D eigenvalue weighted by molar-refractivity contribution is 7.89. The Morgan fingerprint density at radius 1 is 1.30 bits per heavy atom. The van der Waals surface area contributed by atoms with Gasteiger partial charge in [-0.15, -0.1) is 0 Å². The predicted molar refractivity (Wildman–Crippen MR) is 84.6 cm³/mol. The number of nitrogen functional groups attached to an aromatic ring is 1. The number of aromatic nitrogens is 1. The maximum atomic E-state index is 12.3. The molecule has 1 unspecified atom stereocenters. The second kappa shape index (κ2) is 6.73. The summed E-state index contributed by atoms with van der Waals surface area (Å²) < 4.78 is 29.6. The average Bonchev–Trinajstić information content (AvgIpc) is 2.68. The van der Waals surface area contributed by atoms with Crippen molar-refractivity contribution >= 4 is 32.4 Å². The van der Waals surface area contributed by atoms with E-state index in [2.05, 4.69) is 23.5 Å². The van der Waals surface area contributed by atoms with Crippen molar-refractivity contribution in [2.75, 3.05) is 25.1 Å². The lowest BCUT2D eigenvalue weighted by Gasteiger charge is -2.17. The molecule has 1 aromatic heterocycles. The van der Waals surface area contributed by atoms with Crippen LogP contribution in [0.1, 0.15) is 33.6 Å². The first-order chi connectivity index (χ1) is 9.16. The van der Waals surface area contributed by atoms with Gasteiger partial charge in [0.05, 0.1) is 0 Å². The Hall–Kier alpha value is -0.860. The second-order valence-electron chi connectivity index (χ2n) is 5.53. The Bertz CT molecular complexity index is 538. The smallest absolute Gasteiger partial charge is 0.249 e. The van der Waals surface area contributed by atoms with Crippen LogP contribution in [0.4, 0.5) is 10.8 Å². The number of anilines is 2. The van der Waals surface area contributed by atoms with E-state index < -0.39 is 10.0 Å². The third-order valence-corrected chi connectivity index (χ3v) is 5.78. The zero-order valence-electron chi connectivity index (χ0n) is 12.7. The molecule has 0 aliphatic carbocycles. The first kappa shape index (κ1) is 17.2. The molecule has 1 atom stereocenters. The van der Waals surface area contributed by atoms with Gasteiger partial charge in [-0.25, -0.2) is 12.7 Å². The summed E-state index contributed by atoms with van der Waals surface area (Å²) in [7, 11) is -0.609. The van der Waals surface area contributed by atoms with E-state index in [9.17, 15) is 8.42 Å². The molecule has 1 aromatic rings. The first-order valence-electron chi connectivity index (χ1n) is 6.60. The van der Waals surface area contributed by atoms with Crippen molar-refractivity contribution in [3.63, 3.8) is 0 Å². The van der Waals surface area contributed by atoms with Crippen LogP contribution in [0.25, 0.3) is 0 Å². The van der Waals surface area contributed by atoms with E-state index in [1.807, 2.05) is 6.92 Å². The molecule has 0 aromatic carbocycles. The SMILES string of the molecule is CC(C)CCC(C)Nc1snc(N)c1S(=O)(=O)N(C)C. The summed E-state index contributed by atoms with van der Waals surface area (Å²) in [6, 6.07) is 0.174. The molecule has 6 nitrogen and oxygen atoms in total. The summed E-state index contributed by atoms with van der Waals surface area (Å²) in [4.78, 5) is 0.0869. The highest BCUT2D eigenvalue weighted by atomic mass is 32.2. The molecule has 0 saturated carbocycles. The molecule has 116 valence electrons. The monoisotopic (exact) mass is 320 g/mol. The Kier molecular flexibility index (Phi) is 5.79. The number of hydrogen-bond donors (Lipinski definition) is 2. The van der Waals surface area contributed by atoms with E-state index >= 15 is 0 Å². The average molecular weight is 320 g/mol. The maximum absolute atomic E-state index is 12.3. The van der Waals surface area contributed by atoms with Gasteiger partial charge < -0.3 is 11.1 Å². The fourth-order valence-electron chi connectivity index (χ4n) is 1.70. The normalized spacial score (nSPS) is 13.9. The standard InChI is InChI=1S/C12H24N4O2S2/c1-8(2)6-7-9(3)14-12-10(11(13)15-19-12)20(17,18)16(4)5/h8-9,14H,6-7H2,1-5H3,(H2,13,15). The Balaban J connectivity index is 2.93. The highest BCUT2D eigenvalue weighted by Gasteiger charge is 2.28. The molecule has 0 amide bonds. The molecule has 0 radical (unpaired) electrons. The van der Waals surface area contributed by atoms with Crippen LogP contribution in [0.3, 0.4) is 0 Å². The highest BCUT2D eigenvalue weighted by Crippen LogP contribution is 2.33. The zero-order chi connectivity index (χ0) is 15.5. The molecule has 0 aliphatic rings. The molecule has 8 heteroatoms. The van der Waals surface area contributed by atoms with Crippen LogP contribution in [-0.2, 0) is 10.0 Å². The van der Waals surface area contributed by atoms with Crippen LogP contribution in [0.15, 0.2) is 4.90 Å². The van der Waals surface area contributed by atoms with Gasteiger partial charge >= 0.3 is 0 Å². The van der Waals surface area contributed by atoms with Gasteiger partial charge in [0.15, 0.2) is 10.7 Å². The van der Waals surface area contributed by atoms with E-state index in [1.54, 1.807) is 0 Å². The summed E-state index contributed by atoms with van der Waals surface area (Å²) >= 11 is 1.09. The van der Waals surface area contributed by atoms with Crippen LogP contribution < -0.4 is 11.1 Å². The van der Waals surface area contributed by atoms with Crippen molar-refractivity contribution in [1.82, 2.24) is 8.68 Å². The van der Waals surface area contributed by atoms with Crippen LogP contribution in [0.5, 0.6) is 0 Å². The van der Waals surface area contributed by atoms with Crippen LogP contribution in [-0.4, -0.2) is 37.2 Å².